The Bertz CT molecular complexity index is 327. The second-order valence-corrected chi connectivity index (χ2v) is 7.03. The van der Waals surface area contributed by atoms with E-state index in [1.54, 1.807) is 0 Å². The highest BCUT2D eigenvalue weighted by Crippen LogP contribution is 2.61. The topological polar surface area (TPSA) is 26.3 Å². The van der Waals surface area contributed by atoms with Gasteiger partial charge >= 0.3 is 0 Å². The lowest BCUT2D eigenvalue weighted by Gasteiger charge is -2.61. The monoisotopic (exact) mass is 270 g/mol. The van der Waals surface area contributed by atoms with Gasteiger partial charge in [0.1, 0.15) is 0 Å². The second kappa shape index (κ2) is 4.79. The average Bonchev–Trinajstić information content (AvgIpc) is 2.26. The van der Waals surface area contributed by atoms with Crippen LogP contribution in [0.25, 0.3) is 0 Å². The normalized spacial score (nSPS) is 45.4. The summed E-state index contributed by atoms with van der Waals surface area (Å²) in [4.78, 5) is 11.1. The van der Waals surface area contributed by atoms with E-state index in [2.05, 4.69) is 6.92 Å². The van der Waals surface area contributed by atoms with Crippen molar-refractivity contribution in [2.24, 2.45) is 23.7 Å². The molecule has 2 nitrogen and oxygen atoms in total. The number of hydrogen-bond acceptors (Lipinski definition) is 2. The van der Waals surface area contributed by atoms with Crippen molar-refractivity contribution in [1.82, 2.24) is 0 Å². The van der Waals surface area contributed by atoms with E-state index >= 15 is 0 Å². The van der Waals surface area contributed by atoms with Gasteiger partial charge in [0.05, 0.1) is 5.60 Å². The summed E-state index contributed by atoms with van der Waals surface area (Å²) in [6, 6.07) is 0. The Hall–Kier alpha value is -0.0800. The number of rotatable bonds is 5. The van der Waals surface area contributed by atoms with Gasteiger partial charge in [0, 0.05) is 13.0 Å². The molecule has 3 atom stereocenters. The second-order valence-electron chi connectivity index (χ2n) is 6.61. The summed E-state index contributed by atoms with van der Waals surface area (Å²) in [5.41, 5.74) is 0.0931. The molecule has 4 rings (SSSR count). The lowest BCUT2D eigenvalue weighted by atomic mass is 9.49. The first-order valence-electron chi connectivity index (χ1n) is 7.45. The summed E-state index contributed by atoms with van der Waals surface area (Å²) in [5, 5.41) is -0.185. The van der Waals surface area contributed by atoms with Crippen LogP contribution < -0.4 is 0 Å². The van der Waals surface area contributed by atoms with E-state index in [9.17, 15) is 4.79 Å². The molecule has 4 aliphatic rings. The van der Waals surface area contributed by atoms with Crippen LogP contribution in [-0.2, 0) is 9.53 Å². The molecule has 0 spiro atoms. The molecule has 0 saturated heterocycles. The van der Waals surface area contributed by atoms with Crippen LogP contribution in [0.5, 0.6) is 0 Å². The third-order valence-electron chi connectivity index (χ3n) is 5.54. The van der Waals surface area contributed by atoms with E-state index in [1.807, 2.05) is 0 Å². The van der Waals surface area contributed by atoms with Crippen LogP contribution in [0.2, 0.25) is 0 Å². The predicted molar refractivity (Wildman–Crippen MR) is 71.5 cm³/mol. The van der Waals surface area contributed by atoms with Crippen LogP contribution in [0.15, 0.2) is 0 Å². The number of hydrogen-bond donors (Lipinski definition) is 0. The number of halogens is 1. The Kier molecular flexibility index (Phi) is 3.44. The van der Waals surface area contributed by atoms with Crippen molar-refractivity contribution >= 4 is 16.8 Å². The Morgan fingerprint density at radius 2 is 1.94 bits per heavy atom. The quantitative estimate of drug-likeness (QED) is 0.711. The molecule has 0 N–H and O–H groups in total. The fourth-order valence-electron chi connectivity index (χ4n) is 5.35. The van der Waals surface area contributed by atoms with Crippen LogP contribution in [0.1, 0.15) is 51.9 Å². The minimum Gasteiger partial charge on any atom is -0.375 e. The third-order valence-corrected chi connectivity index (χ3v) is 5.72. The Morgan fingerprint density at radius 1 is 1.28 bits per heavy atom. The van der Waals surface area contributed by atoms with Crippen molar-refractivity contribution in [2.45, 2.75) is 57.5 Å². The van der Waals surface area contributed by atoms with Gasteiger partial charge in [-0.05, 0) is 80.7 Å². The molecule has 0 aromatic rings. The van der Waals surface area contributed by atoms with Gasteiger partial charge in [0.15, 0.2) is 0 Å². The molecule has 3 heteroatoms. The van der Waals surface area contributed by atoms with Crippen LogP contribution in [0.4, 0.5) is 0 Å². The zero-order valence-electron chi connectivity index (χ0n) is 11.2. The Morgan fingerprint density at radius 3 is 2.50 bits per heavy atom. The first-order valence-corrected chi connectivity index (χ1v) is 7.83. The van der Waals surface area contributed by atoms with Gasteiger partial charge in [-0.3, -0.25) is 4.79 Å². The molecular weight excluding hydrogens is 248 g/mol. The lowest BCUT2D eigenvalue weighted by molar-refractivity contribution is -0.202. The fourth-order valence-corrected chi connectivity index (χ4v) is 5.46. The van der Waals surface area contributed by atoms with E-state index in [0.717, 1.165) is 30.8 Å². The van der Waals surface area contributed by atoms with Crippen molar-refractivity contribution in [2.75, 3.05) is 6.61 Å². The summed E-state index contributed by atoms with van der Waals surface area (Å²) in [6.45, 7) is 2.90. The maximum atomic E-state index is 11.1. The van der Waals surface area contributed by atoms with Crippen molar-refractivity contribution in [1.29, 1.82) is 0 Å². The van der Waals surface area contributed by atoms with Gasteiger partial charge < -0.3 is 4.74 Å². The van der Waals surface area contributed by atoms with Crippen LogP contribution in [-0.4, -0.2) is 17.5 Å². The molecule has 18 heavy (non-hydrogen) atoms. The molecular formula is C15H23ClO2. The maximum Gasteiger partial charge on any atom is 0.221 e. The Balaban J connectivity index is 1.79. The van der Waals surface area contributed by atoms with Crippen molar-refractivity contribution in [3.05, 3.63) is 0 Å². The van der Waals surface area contributed by atoms with Crippen molar-refractivity contribution in [3.8, 4) is 0 Å². The van der Waals surface area contributed by atoms with Crippen LogP contribution >= 0.6 is 11.6 Å². The smallest absolute Gasteiger partial charge is 0.221 e. The molecule has 0 amide bonds. The van der Waals surface area contributed by atoms with E-state index in [1.165, 1.54) is 32.1 Å². The lowest BCUT2D eigenvalue weighted by Crippen LogP contribution is -2.58. The molecule has 4 bridgehead atoms. The third kappa shape index (κ3) is 2.12. The Labute approximate surface area is 114 Å². The fraction of sp³-hybridized carbons (Fsp3) is 0.933. The number of carbonyl (C=O) groups excluding carboxylic acids is 1. The molecule has 0 aliphatic heterocycles. The zero-order chi connectivity index (χ0) is 12.8. The van der Waals surface area contributed by atoms with Gasteiger partial charge in [-0.2, -0.15) is 0 Å². The van der Waals surface area contributed by atoms with E-state index in [-0.39, 0.29) is 10.8 Å². The number of ether oxygens (including phenoxy) is 1. The minimum absolute atomic E-state index is 0.0931. The summed E-state index contributed by atoms with van der Waals surface area (Å²) < 4.78 is 6.23. The largest absolute Gasteiger partial charge is 0.375 e. The highest BCUT2D eigenvalue weighted by atomic mass is 35.5. The highest BCUT2D eigenvalue weighted by Gasteiger charge is 2.57. The van der Waals surface area contributed by atoms with Crippen LogP contribution in [0, 0.1) is 23.7 Å². The molecule has 4 saturated carbocycles. The summed E-state index contributed by atoms with van der Waals surface area (Å²) >= 11 is 5.53. The first-order chi connectivity index (χ1) is 8.63. The van der Waals surface area contributed by atoms with Gasteiger partial charge in [-0.15, -0.1) is 0 Å². The SMILES string of the molecule is CCOC12CC3CC(CC(C3)C1CCC(=O)Cl)C2. The molecule has 0 aromatic heterocycles. The zero-order valence-corrected chi connectivity index (χ0v) is 11.9. The average molecular weight is 271 g/mol. The van der Waals surface area contributed by atoms with Gasteiger partial charge in [0.2, 0.25) is 5.24 Å². The molecule has 4 fully saturated rings. The van der Waals surface area contributed by atoms with Crippen molar-refractivity contribution in [3.63, 3.8) is 0 Å². The maximum absolute atomic E-state index is 11.1. The standard InChI is InChI=1S/C15H23ClO2/c1-2-18-15-8-10-5-11(9-15)7-12(6-10)13(15)3-4-14(16)17/h10-13H,2-9H2,1H3. The van der Waals surface area contributed by atoms with E-state index in [4.69, 9.17) is 16.3 Å². The molecule has 0 aromatic carbocycles. The van der Waals surface area contributed by atoms with E-state index in [0.29, 0.717) is 12.3 Å². The van der Waals surface area contributed by atoms with E-state index < -0.39 is 0 Å². The van der Waals surface area contributed by atoms with Crippen LogP contribution in [0.3, 0.4) is 0 Å². The molecule has 0 heterocycles. The highest BCUT2D eigenvalue weighted by molar-refractivity contribution is 6.63. The van der Waals surface area contributed by atoms with Gasteiger partial charge in [-0.25, -0.2) is 0 Å². The van der Waals surface area contributed by atoms with Gasteiger partial charge in [-0.1, -0.05) is 0 Å². The predicted octanol–water partition coefficient (Wildman–Crippen LogP) is 3.76. The first kappa shape index (κ1) is 12.9. The molecule has 4 aliphatic carbocycles. The van der Waals surface area contributed by atoms with Crippen molar-refractivity contribution < 1.29 is 9.53 Å². The number of carbonyl (C=O) groups is 1. The molecule has 102 valence electrons. The molecule has 0 radical (unpaired) electrons. The summed E-state index contributed by atoms with van der Waals surface area (Å²) in [5.74, 6) is 3.14. The summed E-state index contributed by atoms with van der Waals surface area (Å²) in [6.07, 6.45) is 8.08. The van der Waals surface area contributed by atoms with Gasteiger partial charge in [0.25, 0.3) is 0 Å². The minimum atomic E-state index is -0.185. The summed E-state index contributed by atoms with van der Waals surface area (Å²) in [7, 11) is 0. The molecule has 3 unspecified atom stereocenters.